The third kappa shape index (κ3) is 1.57. The topological polar surface area (TPSA) is 50.2 Å². The zero-order valence-electron chi connectivity index (χ0n) is 6.32. The average Bonchev–Trinajstić information content (AvgIpc) is 2.42. The van der Waals surface area contributed by atoms with Crippen molar-refractivity contribution in [3.8, 4) is 0 Å². The van der Waals surface area contributed by atoms with Gasteiger partial charge in [-0.05, 0) is 34.1 Å². The molecule has 3 nitrogen and oxygen atoms in total. The van der Waals surface area contributed by atoms with E-state index in [9.17, 15) is 4.79 Å². The van der Waals surface area contributed by atoms with Gasteiger partial charge in [0.2, 0.25) is 0 Å². The molecule has 13 heavy (non-hydrogen) atoms. The fourth-order valence-electron chi connectivity index (χ4n) is 1.03. The summed E-state index contributed by atoms with van der Waals surface area (Å²) in [7, 11) is 0. The zero-order valence-corrected chi connectivity index (χ0v) is 8.72. The minimum Gasteiger partial charge on any atom is -0.478 e. The maximum Gasteiger partial charge on any atom is 0.335 e. The first-order chi connectivity index (χ1) is 6.16. The van der Waals surface area contributed by atoms with Gasteiger partial charge in [-0.25, -0.2) is 9.78 Å². The van der Waals surface area contributed by atoms with Gasteiger partial charge in [-0.2, -0.15) is 0 Å². The number of hydrogen-bond acceptors (Lipinski definition) is 3. The second-order valence-electron chi connectivity index (χ2n) is 2.45. The Labute approximate surface area is 86.2 Å². The van der Waals surface area contributed by atoms with Gasteiger partial charge in [0.05, 0.1) is 15.8 Å². The van der Waals surface area contributed by atoms with E-state index >= 15 is 0 Å². The van der Waals surface area contributed by atoms with Crippen LogP contribution in [0.25, 0.3) is 10.2 Å². The van der Waals surface area contributed by atoms with Crippen molar-refractivity contribution in [3.05, 3.63) is 27.7 Å². The first-order valence-corrected chi connectivity index (χ1v) is 5.07. The number of nitrogens with zero attached hydrogens (tertiary/aromatic N) is 1. The molecule has 1 aromatic carbocycles. The van der Waals surface area contributed by atoms with Crippen LogP contribution < -0.4 is 0 Å². The molecular formula is C8H4BrNO2S. The molecule has 0 fully saturated rings. The highest BCUT2D eigenvalue weighted by Gasteiger charge is 2.06. The van der Waals surface area contributed by atoms with Gasteiger partial charge in [0.1, 0.15) is 0 Å². The third-order valence-corrected chi connectivity index (χ3v) is 3.08. The smallest absolute Gasteiger partial charge is 0.335 e. The molecular weight excluding hydrogens is 254 g/mol. The number of hydrogen-bond donors (Lipinski definition) is 1. The number of carboxylic acids is 1. The van der Waals surface area contributed by atoms with Crippen LogP contribution in [0.5, 0.6) is 0 Å². The van der Waals surface area contributed by atoms with Crippen LogP contribution in [0.1, 0.15) is 10.4 Å². The summed E-state index contributed by atoms with van der Waals surface area (Å²) >= 11 is 4.67. The average molecular weight is 258 g/mol. The van der Waals surface area contributed by atoms with Gasteiger partial charge in [0.25, 0.3) is 0 Å². The molecule has 0 aliphatic heterocycles. The van der Waals surface area contributed by atoms with Crippen LogP contribution in [-0.2, 0) is 0 Å². The summed E-state index contributed by atoms with van der Waals surface area (Å²) in [6, 6.07) is 4.89. The number of carboxylic acid groups (broad SMARTS) is 1. The predicted molar refractivity (Wildman–Crippen MR) is 54.3 cm³/mol. The van der Waals surface area contributed by atoms with E-state index in [2.05, 4.69) is 20.9 Å². The molecule has 0 radical (unpaired) electrons. The van der Waals surface area contributed by atoms with Gasteiger partial charge >= 0.3 is 5.97 Å². The zero-order chi connectivity index (χ0) is 9.42. The molecule has 66 valence electrons. The molecule has 5 heteroatoms. The first-order valence-electron chi connectivity index (χ1n) is 3.46. The van der Waals surface area contributed by atoms with Crippen molar-refractivity contribution in [2.24, 2.45) is 0 Å². The fourth-order valence-corrected chi connectivity index (χ4v) is 2.47. The number of halogens is 1. The summed E-state index contributed by atoms with van der Waals surface area (Å²) < 4.78 is 1.65. The summed E-state index contributed by atoms with van der Waals surface area (Å²) in [5.74, 6) is -0.911. The molecule has 0 bridgehead atoms. The molecule has 1 heterocycles. The largest absolute Gasteiger partial charge is 0.478 e. The van der Waals surface area contributed by atoms with Crippen LogP contribution >= 0.6 is 27.3 Å². The highest BCUT2D eigenvalue weighted by atomic mass is 79.9. The van der Waals surface area contributed by atoms with E-state index < -0.39 is 5.97 Å². The number of fused-ring (bicyclic) bond motifs is 1. The Morgan fingerprint density at radius 3 is 3.00 bits per heavy atom. The molecule has 2 rings (SSSR count). The lowest BCUT2D eigenvalue weighted by Crippen LogP contribution is -1.94. The summed E-state index contributed by atoms with van der Waals surface area (Å²) in [5.41, 5.74) is 1.12. The molecule has 1 N–H and O–H groups in total. The lowest BCUT2D eigenvalue weighted by Gasteiger charge is -1.91. The van der Waals surface area contributed by atoms with E-state index in [-0.39, 0.29) is 0 Å². The number of thiazole rings is 1. The van der Waals surface area contributed by atoms with E-state index in [4.69, 9.17) is 5.11 Å². The van der Waals surface area contributed by atoms with Crippen molar-refractivity contribution >= 4 is 43.5 Å². The summed E-state index contributed by atoms with van der Waals surface area (Å²) in [4.78, 5) is 14.8. The second kappa shape index (κ2) is 3.08. The molecule has 0 aliphatic rings. The molecule has 1 aromatic heterocycles. The molecule has 0 spiro atoms. The van der Waals surface area contributed by atoms with Crippen LogP contribution in [0.15, 0.2) is 22.1 Å². The standard InChI is InChI=1S/C8H4BrNO2S/c9-8-10-5-2-1-4(7(11)12)3-6(5)13-8/h1-3H,(H,11,12). The maximum absolute atomic E-state index is 10.6. The quantitative estimate of drug-likeness (QED) is 0.855. The Balaban J connectivity index is 2.67. The van der Waals surface area contributed by atoms with E-state index in [1.165, 1.54) is 11.3 Å². The minimum absolute atomic E-state index is 0.295. The van der Waals surface area contributed by atoms with Gasteiger partial charge < -0.3 is 5.11 Å². The van der Waals surface area contributed by atoms with Crippen molar-refractivity contribution in [2.75, 3.05) is 0 Å². The fraction of sp³-hybridized carbons (Fsp3) is 0. The molecule has 0 unspecified atom stereocenters. The molecule has 0 aliphatic carbocycles. The van der Waals surface area contributed by atoms with E-state index in [1.807, 2.05) is 0 Å². The van der Waals surface area contributed by atoms with E-state index in [1.54, 1.807) is 18.2 Å². The number of rotatable bonds is 1. The van der Waals surface area contributed by atoms with Crippen molar-refractivity contribution < 1.29 is 9.90 Å². The van der Waals surface area contributed by atoms with Crippen molar-refractivity contribution in [2.45, 2.75) is 0 Å². The Hall–Kier alpha value is -0.940. The Bertz CT molecular complexity index is 480. The van der Waals surface area contributed by atoms with Gasteiger partial charge in [-0.15, -0.1) is 11.3 Å². The van der Waals surface area contributed by atoms with E-state index in [0.717, 1.165) is 14.1 Å². The van der Waals surface area contributed by atoms with Crippen LogP contribution in [0.3, 0.4) is 0 Å². The molecule has 0 saturated carbocycles. The summed E-state index contributed by atoms with van der Waals surface area (Å²) in [6.07, 6.45) is 0. The molecule has 0 atom stereocenters. The highest BCUT2D eigenvalue weighted by Crippen LogP contribution is 2.26. The third-order valence-electron chi connectivity index (χ3n) is 1.61. The Kier molecular flexibility index (Phi) is 2.05. The van der Waals surface area contributed by atoms with Crippen LogP contribution in [-0.4, -0.2) is 16.1 Å². The van der Waals surface area contributed by atoms with Crippen molar-refractivity contribution in [1.82, 2.24) is 4.98 Å². The van der Waals surface area contributed by atoms with Crippen LogP contribution in [0.2, 0.25) is 0 Å². The molecule has 2 aromatic rings. The van der Waals surface area contributed by atoms with Crippen LogP contribution in [0.4, 0.5) is 0 Å². The minimum atomic E-state index is -0.911. The highest BCUT2D eigenvalue weighted by molar-refractivity contribution is 9.11. The Morgan fingerprint density at radius 1 is 1.54 bits per heavy atom. The molecule has 0 amide bonds. The van der Waals surface area contributed by atoms with Gasteiger partial charge in [-0.1, -0.05) is 0 Å². The SMILES string of the molecule is O=C(O)c1ccc2nc(Br)sc2c1. The van der Waals surface area contributed by atoms with Gasteiger partial charge in [0, 0.05) is 0 Å². The van der Waals surface area contributed by atoms with Crippen molar-refractivity contribution in [3.63, 3.8) is 0 Å². The predicted octanol–water partition coefficient (Wildman–Crippen LogP) is 2.76. The Morgan fingerprint density at radius 2 is 2.31 bits per heavy atom. The van der Waals surface area contributed by atoms with Crippen molar-refractivity contribution in [1.29, 1.82) is 0 Å². The number of aromatic nitrogens is 1. The monoisotopic (exact) mass is 257 g/mol. The van der Waals surface area contributed by atoms with Gasteiger partial charge in [0.15, 0.2) is 3.92 Å². The number of benzene rings is 1. The van der Waals surface area contributed by atoms with Gasteiger partial charge in [-0.3, -0.25) is 0 Å². The normalized spacial score (nSPS) is 10.5. The summed E-state index contributed by atoms with van der Waals surface area (Å²) in [6.45, 7) is 0. The maximum atomic E-state index is 10.6. The van der Waals surface area contributed by atoms with Crippen LogP contribution in [0, 0.1) is 0 Å². The number of aromatic carboxylic acids is 1. The number of carbonyl (C=O) groups is 1. The molecule has 0 saturated heterocycles. The summed E-state index contributed by atoms with van der Waals surface area (Å²) in [5, 5.41) is 8.72. The van der Waals surface area contributed by atoms with E-state index in [0.29, 0.717) is 5.56 Å². The second-order valence-corrected chi connectivity index (χ2v) is 4.76. The first kappa shape index (κ1) is 8.65. The lowest BCUT2D eigenvalue weighted by molar-refractivity contribution is 0.0697. The lowest BCUT2D eigenvalue weighted by atomic mass is 10.2.